The molecule has 0 radical (unpaired) electrons. The van der Waals surface area contributed by atoms with E-state index in [1.54, 1.807) is 19.1 Å². The third-order valence-electron chi connectivity index (χ3n) is 2.20. The Hall–Kier alpha value is -2.02. The van der Waals surface area contributed by atoms with Crippen molar-refractivity contribution in [3.8, 4) is 0 Å². The van der Waals surface area contributed by atoms with Gasteiger partial charge in [-0.05, 0) is 30.8 Å². The molecule has 1 fully saturated rings. The number of amides is 2. The van der Waals surface area contributed by atoms with Crippen molar-refractivity contribution in [2.75, 3.05) is 6.54 Å². The van der Waals surface area contributed by atoms with Gasteiger partial charge in [0.1, 0.15) is 18.1 Å². The third kappa shape index (κ3) is 2.45. The predicted octanol–water partition coefficient (Wildman–Crippen LogP) is 1.71. The van der Waals surface area contributed by atoms with Gasteiger partial charge >= 0.3 is 5.97 Å². The molecule has 0 atom stereocenters. The third-order valence-corrected chi connectivity index (χ3v) is 3.11. The van der Waals surface area contributed by atoms with Gasteiger partial charge in [-0.1, -0.05) is 0 Å². The van der Waals surface area contributed by atoms with E-state index in [9.17, 15) is 14.4 Å². The molecule has 94 valence electrons. The number of carboxylic acid groups (broad SMARTS) is 1. The lowest BCUT2D eigenvalue weighted by Gasteiger charge is -2.07. The fourth-order valence-electron chi connectivity index (χ4n) is 1.43. The maximum absolute atomic E-state index is 11.8. The average Bonchev–Trinajstić information content (AvgIpc) is 2.78. The SMILES string of the molecule is Cc1ccc(/C=C2/SC(=O)N(CC(=O)O)C2=O)o1. The van der Waals surface area contributed by atoms with Gasteiger partial charge in [0.25, 0.3) is 11.1 Å². The summed E-state index contributed by atoms with van der Waals surface area (Å²) in [6.07, 6.45) is 1.43. The Labute approximate surface area is 106 Å². The normalized spacial score (nSPS) is 17.8. The van der Waals surface area contributed by atoms with Crippen molar-refractivity contribution in [2.24, 2.45) is 0 Å². The Morgan fingerprint density at radius 3 is 2.78 bits per heavy atom. The molecule has 7 heteroatoms. The van der Waals surface area contributed by atoms with Crippen molar-refractivity contribution < 1.29 is 23.9 Å². The van der Waals surface area contributed by atoms with Gasteiger partial charge in [0.05, 0.1) is 4.91 Å². The monoisotopic (exact) mass is 267 g/mol. The summed E-state index contributed by atoms with van der Waals surface area (Å²) in [7, 11) is 0. The molecule has 2 heterocycles. The maximum atomic E-state index is 11.8. The number of thioether (sulfide) groups is 1. The zero-order chi connectivity index (χ0) is 13.3. The maximum Gasteiger partial charge on any atom is 0.323 e. The van der Waals surface area contributed by atoms with Crippen molar-refractivity contribution in [1.82, 2.24) is 4.90 Å². The standard InChI is InChI=1S/C11H9NO5S/c1-6-2-3-7(17-6)4-8-10(15)12(5-9(13)14)11(16)18-8/h2-4H,5H2,1H3,(H,13,14)/b8-4+. The fraction of sp³-hybridized carbons (Fsp3) is 0.182. The minimum atomic E-state index is -1.23. The predicted molar refractivity (Wildman–Crippen MR) is 63.8 cm³/mol. The van der Waals surface area contributed by atoms with Crippen molar-refractivity contribution in [1.29, 1.82) is 0 Å². The van der Waals surface area contributed by atoms with Crippen LogP contribution in [0.2, 0.25) is 0 Å². The van der Waals surface area contributed by atoms with E-state index in [0.29, 0.717) is 28.2 Å². The number of aliphatic carboxylic acids is 1. The average molecular weight is 267 g/mol. The lowest BCUT2D eigenvalue weighted by Crippen LogP contribution is -2.33. The zero-order valence-electron chi connectivity index (χ0n) is 9.37. The molecule has 1 aromatic heterocycles. The van der Waals surface area contributed by atoms with Gasteiger partial charge in [-0.15, -0.1) is 0 Å². The number of rotatable bonds is 3. The lowest BCUT2D eigenvalue weighted by molar-refractivity contribution is -0.140. The summed E-state index contributed by atoms with van der Waals surface area (Å²) in [6.45, 7) is 1.13. The first-order valence-corrected chi connectivity index (χ1v) is 5.82. The second kappa shape index (κ2) is 4.69. The van der Waals surface area contributed by atoms with Crippen molar-refractivity contribution in [3.63, 3.8) is 0 Å². The van der Waals surface area contributed by atoms with Crippen LogP contribution >= 0.6 is 11.8 Å². The van der Waals surface area contributed by atoms with Gasteiger partial charge < -0.3 is 9.52 Å². The Morgan fingerprint density at radius 1 is 1.50 bits per heavy atom. The van der Waals surface area contributed by atoms with Crippen LogP contribution in [-0.2, 0) is 9.59 Å². The molecule has 0 bridgehead atoms. The smallest absolute Gasteiger partial charge is 0.323 e. The topological polar surface area (TPSA) is 87.8 Å². The van der Waals surface area contributed by atoms with Crippen LogP contribution in [0.4, 0.5) is 4.79 Å². The number of furan rings is 1. The van der Waals surface area contributed by atoms with Crippen LogP contribution in [0, 0.1) is 6.92 Å². The zero-order valence-corrected chi connectivity index (χ0v) is 10.2. The largest absolute Gasteiger partial charge is 0.480 e. The molecule has 1 N–H and O–H groups in total. The number of hydrogen-bond donors (Lipinski definition) is 1. The number of carbonyl (C=O) groups excluding carboxylic acids is 2. The van der Waals surface area contributed by atoms with Crippen LogP contribution < -0.4 is 0 Å². The Bertz CT molecular complexity index is 560. The number of imide groups is 1. The van der Waals surface area contributed by atoms with Gasteiger partial charge in [-0.2, -0.15) is 0 Å². The van der Waals surface area contributed by atoms with Gasteiger partial charge in [0, 0.05) is 6.08 Å². The Kier molecular flexibility index (Phi) is 3.24. The minimum Gasteiger partial charge on any atom is -0.480 e. The van der Waals surface area contributed by atoms with E-state index in [2.05, 4.69) is 0 Å². The highest BCUT2D eigenvalue weighted by Crippen LogP contribution is 2.32. The number of carbonyl (C=O) groups is 3. The second-order valence-corrected chi connectivity index (χ2v) is 4.60. The summed E-state index contributed by atoms with van der Waals surface area (Å²) >= 11 is 0.703. The molecule has 0 saturated carbocycles. The molecule has 6 nitrogen and oxygen atoms in total. The van der Waals surface area contributed by atoms with Gasteiger partial charge in [0.2, 0.25) is 0 Å². The van der Waals surface area contributed by atoms with E-state index in [1.165, 1.54) is 6.08 Å². The summed E-state index contributed by atoms with van der Waals surface area (Å²) in [5.41, 5.74) is 0. The highest BCUT2D eigenvalue weighted by molar-refractivity contribution is 8.18. The van der Waals surface area contributed by atoms with Crippen molar-refractivity contribution in [3.05, 3.63) is 28.6 Å². The van der Waals surface area contributed by atoms with Crippen molar-refractivity contribution >= 4 is 35.0 Å². The summed E-state index contributed by atoms with van der Waals surface area (Å²) in [5.74, 6) is -0.701. The molecule has 1 aliphatic rings. The Balaban J connectivity index is 2.22. The molecule has 2 amide bonds. The first-order valence-electron chi connectivity index (χ1n) is 5.01. The molecule has 0 aliphatic carbocycles. The van der Waals surface area contributed by atoms with E-state index in [-0.39, 0.29) is 4.91 Å². The number of carboxylic acids is 1. The summed E-state index contributed by atoms with van der Waals surface area (Å²) < 4.78 is 5.26. The van der Waals surface area contributed by atoms with Gasteiger partial charge in [0.15, 0.2) is 0 Å². The lowest BCUT2D eigenvalue weighted by atomic mass is 10.3. The molecular weight excluding hydrogens is 258 g/mol. The Morgan fingerprint density at radius 2 is 2.22 bits per heavy atom. The number of nitrogens with zero attached hydrogens (tertiary/aromatic N) is 1. The van der Waals surface area contributed by atoms with Crippen LogP contribution in [0.5, 0.6) is 0 Å². The molecule has 1 aromatic rings. The molecule has 1 saturated heterocycles. The highest BCUT2D eigenvalue weighted by Gasteiger charge is 2.36. The van der Waals surface area contributed by atoms with Crippen LogP contribution in [0.1, 0.15) is 11.5 Å². The highest BCUT2D eigenvalue weighted by atomic mass is 32.2. The van der Waals surface area contributed by atoms with E-state index in [0.717, 1.165) is 0 Å². The van der Waals surface area contributed by atoms with Gasteiger partial charge in [-0.3, -0.25) is 19.3 Å². The van der Waals surface area contributed by atoms with E-state index < -0.39 is 23.7 Å². The summed E-state index contributed by atoms with van der Waals surface area (Å²) in [6, 6.07) is 3.40. The first-order chi connectivity index (χ1) is 8.47. The second-order valence-electron chi connectivity index (χ2n) is 3.61. The van der Waals surface area contributed by atoms with Gasteiger partial charge in [-0.25, -0.2) is 0 Å². The van der Waals surface area contributed by atoms with E-state index >= 15 is 0 Å². The van der Waals surface area contributed by atoms with Crippen LogP contribution in [0.25, 0.3) is 6.08 Å². The van der Waals surface area contributed by atoms with E-state index in [1.807, 2.05) is 0 Å². The minimum absolute atomic E-state index is 0.163. The number of aryl methyl sites for hydroxylation is 1. The first kappa shape index (κ1) is 12.4. The number of hydrogen-bond acceptors (Lipinski definition) is 5. The molecule has 0 unspecified atom stereocenters. The molecule has 18 heavy (non-hydrogen) atoms. The molecule has 2 rings (SSSR count). The molecule has 0 spiro atoms. The molecular formula is C11H9NO5S. The quantitative estimate of drug-likeness (QED) is 0.839. The van der Waals surface area contributed by atoms with Crippen LogP contribution in [-0.4, -0.2) is 33.7 Å². The van der Waals surface area contributed by atoms with Crippen molar-refractivity contribution in [2.45, 2.75) is 6.92 Å². The molecule has 1 aliphatic heterocycles. The summed E-state index contributed by atoms with van der Waals surface area (Å²) in [4.78, 5) is 34.6. The van der Waals surface area contributed by atoms with Crippen LogP contribution in [0.3, 0.4) is 0 Å². The van der Waals surface area contributed by atoms with Crippen LogP contribution in [0.15, 0.2) is 21.5 Å². The van der Waals surface area contributed by atoms with E-state index in [4.69, 9.17) is 9.52 Å². The fourth-order valence-corrected chi connectivity index (χ4v) is 2.25. The summed E-state index contributed by atoms with van der Waals surface area (Å²) in [5, 5.41) is 8.01. The molecule has 0 aromatic carbocycles.